The van der Waals surface area contributed by atoms with Gasteiger partial charge in [0.1, 0.15) is 5.75 Å². The van der Waals surface area contributed by atoms with E-state index in [-0.39, 0.29) is 0 Å². The van der Waals surface area contributed by atoms with E-state index in [2.05, 4.69) is 35.1 Å². The van der Waals surface area contributed by atoms with Gasteiger partial charge in [0, 0.05) is 23.6 Å². The average molecular weight is 240 g/mol. The summed E-state index contributed by atoms with van der Waals surface area (Å²) >= 11 is 0. The van der Waals surface area contributed by atoms with Gasteiger partial charge >= 0.3 is 0 Å². The third-order valence-corrected chi connectivity index (χ3v) is 4.19. The third kappa shape index (κ3) is 1.40. The Morgan fingerprint density at radius 3 is 3.11 bits per heavy atom. The molecule has 0 radical (unpaired) electrons. The van der Waals surface area contributed by atoms with Crippen LogP contribution in [0.1, 0.15) is 40.8 Å². The highest BCUT2D eigenvalue weighted by molar-refractivity contribution is 5.48. The van der Waals surface area contributed by atoms with Crippen molar-refractivity contribution >= 4 is 0 Å². The molecule has 92 valence electrons. The Morgan fingerprint density at radius 2 is 2.28 bits per heavy atom. The van der Waals surface area contributed by atoms with Gasteiger partial charge < -0.3 is 9.72 Å². The number of aromatic amines is 1. The summed E-state index contributed by atoms with van der Waals surface area (Å²) in [5.74, 6) is 2.34. The minimum absolute atomic E-state index is 0.600. The van der Waals surface area contributed by atoms with E-state index in [1.54, 1.807) is 6.33 Å². The summed E-state index contributed by atoms with van der Waals surface area (Å²) in [4.78, 5) is 7.64. The first kappa shape index (κ1) is 10.2. The van der Waals surface area contributed by atoms with Crippen molar-refractivity contribution in [1.29, 1.82) is 0 Å². The molecule has 4 rings (SSSR count). The van der Waals surface area contributed by atoms with Crippen molar-refractivity contribution in [3.63, 3.8) is 0 Å². The number of imidazole rings is 1. The Kier molecular flexibility index (Phi) is 2.04. The number of fused-ring (bicyclic) bond motifs is 1. The number of benzene rings is 1. The number of aryl methyl sites for hydroxylation is 1. The van der Waals surface area contributed by atoms with E-state index < -0.39 is 0 Å². The summed E-state index contributed by atoms with van der Waals surface area (Å²) in [6.07, 6.45) is 4.09. The minimum Gasteiger partial charge on any atom is -0.493 e. The molecule has 2 heterocycles. The van der Waals surface area contributed by atoms with Crippen LogP contribution in [0.15, 0.2) is 24.5 Å². The fourth-order valence-electron chi connectivity index (χ4n) is 3.18. The van der Waals surface area contributed by atoms with Gasteiger partial charge in [-0.1, -0.05) is 12.1 Å². The van der Waals surface area contributed by atoms with Crippen LogP contribution in [-0.2, 0) is 6.42 Å². The molecule has 1 aromatic carbocycles. The summed E-state index contributed by atoms with van der Waals surface area (Å²) in [6, 6.07) is 6.47. The number of rotatable bonds is 2. The van der Waals surface area contributed by atoms with Crippen LogP contribution in [0.4, 0.5) is 0 Å². The van der Waals surface area contributed by atoms with Crippen LogP contribution in [0.3, 0.4) is 0 Å². The third-order valence-electron chi connectivity index (χ3n) is 4.19. The van der Waals surface area contributed by atoms with Crippen molar-refractivity contribution in [3.05, 3.63) is 47.0 Å². The van der Waals surface area contributed by atoms with E-state index in [1.807, 2.05) is 0 Å². The van der Waals surface area contributed by atoms with Crippen LogP contribution < -0.4 is 4.74 Å². The molecular formula is C15H16N2O. The molecule has 0 spiro atoms. The second-order valence-electron chi connectivity index (χ2n) is 5.28. The Hall–Kier alpha value is -1.77. The van der Waals surface area contributed by atoms with Gasteiger partial charge in [0.05, 0.1) is 18.6 Å². The number of H-pyrrole nitrogens is 1. The molecule has 2 aromatic rings. The zero-order chi connectivity index (χ0) is 12.1. The molecule has 1 unspecified atom stereocenters. The van der Waals surface area contributed by atoms with Crippen molar-refractivity contribution in [2.45, 2.75) is 31.6 Å². The highest BCUT2D eigenvalue weighted by atomic mass is 16.5. The predicted octanol–water partition coefficient (Wildman–Crippen LogP) is 2.92. The average Bonchev–Trinajstić information content (AvgIpc) is 2.82. The van der Waals surface area contributed by atoms with Gasteiger partial charge in [0.15, 0.2) is 0 Å². The Labute approximate surface area is 106 Å². The van der Waals surface area contributed by atoms with Crippen molar-refractivity contribution < 1.29 is 4.74 Å². The standard InChI is InChI=1S/C15H16N2O/c1-9-15(17-8-16-9)13-7-12(13)10-3-2-4-14-11(10)5-6-18-14/h2-4,8,12-13H,5-7H2,1H3,(H,16,17)/t12-,13?/m1/s1. The molecule has 1 saturated carbocycles. The zero-order valence-electron chi connectivity index (χ0n) is 10.4. The fraction of sp³-hybridized carbons (Fsp3) is 0.400. The minimum atomic E-state index is 0.600. The van der Waals surface area contributed by atoms with E-state index in [0.717, 1.165) is 18.8 Å². The molecule has 1 N–H and O–H groups in total. The Balaban J connectivity index is 1.68. The molecule has 2 aliphatic rings. The van der Waals surface area contributed by atoms with Gasteiger partial charge in [-0.15, -0.1) is 0 Å². The molecule has 0 bridgehead atoms. The highest BCUT2D eigenvalue weighted by Gasteiger charge is 2.43. The van der Waals surface area contributed by atoms with Crippen molar-refractivity contribution in [1.82, 2.24) is 9.97 Å². The van der Waals surface area contributed by atoms with E-state index in [4.69, 9.17) is 4.74 Å². The second kappa shape index (κ2) is 3.61. The first-order valence-electron chi connectivity index (χ1n) is 6.59. The smallest absolute Gasteiger partial charge is 0.122 e. The number of aromatic nitrogens is 2. The largest absolute Gasteiger partial charge is 0.493 e. The molecule has 2 atom stereocenters. The summed E-state index contributed by atoms with van der Waals surface area (Å²) in [6.45, 7) is 2.95. The van der Waals surface area contributed by atoms with Crippen LogP contribution in [0.2, 0.25) is 0 Å². The summed E-state index contributed by atoms with van der Waals surface area (Å²) in [7, 11) is 0. The molecule has 18 heavy (non-hydrogen) atoms. The molecule has 1 aromatic heterocycles. The van der Waals surface area contributed by atoms with Crippen LogP contribution in [0.5, 0.6) is 5.75 Å². The number of hydrogen-bond donors (Lipinski definition) is 1. The monoisotopic (exact) mass is 240 g/mol. The maximum atomic E-state index is 5.64. The van der Waals surface area contributed by atoms with Crippen LogP contribution >= 0.6 is 0 Å². The van der Waals surface area contributed by atoms with Gasteiger partial charge in [-0.2, -0.15) is 0 Å². The first-order valence-corrected chi connectivity index (χ1v) is 6.59. The summed E-state index contributed by atoms with van der Waals surface area (Å²) in [5, 5.41) is 0. The molecule has 1 fully saturated rings. The Bertz CT molecular complexity index is 602. The topological polar surface area (TPSA) is 37.9 Å². The van der Waals surface area contributed by atoms with E-state index >= 15 is 0 Å². The normalized spacial score (nSPS) is 24.7. The van der Waals surface area contributed by atoms with E-state index in [1.165, 1.54) is 28.9 Å². The predicted molar refractivity (Wildman–Crippen MR) is 69.1 cm³/mol. The number of nitrogens with zero attached hydrogens (tertiary/aromatic N) is 1. The van der Waals surface area contributed by atoms with Gasteiger partial charge in [0.25, 0.3) is 0 Å². The lowest BCUT2D eigenvalue weighted by Gasteiger charge is -2.06. The highest BCUT2D eigenvalue weighted by Crippen LogP contribution is 2.56. The number of hydrogen-bond acceptors (Lipinski definition) is 2. The molecule has 1 aliphatic heterocycles. The first-order chi connectivity index (χ1) is 8.84. The maximum absolute atomic E-state index is 5.64. The number of nitrogens with one attached hydrogen (secondary N) is 1. The van der Waals surface area contributed by atoms with Crippen molar-refractivity contribution in [2.75, 3.05) is 6.61 Å². The lowest BCUT2D eigenvalue weighted by atomic mass is 9.99. The molecular weight excluding hydrogens is 224 g/mol. The molecule has 3 heteroatoms. The maximum Gasteiger partial charge on any atom is 0.122 e. The number of ether oxygens (including phenoxy) is 1. The Morgan fingerprint density at radius 1 is 1.33 bits per heavy atom. The molecule has 1 aliphatic carbocycles. The van der Waals surface area contributed by atoms with Crippen molar-refractivity contribution in [3.8, 4) is 5.75 Å². The van der Waals surface area contributed by atoms with Gasteiger partial charge in [-0.05, 0) is 30.9 Å². The van der Waals surface area contributed by atoms with Crippen LogP contribution in [0.25, 0.3) is 0 Å². The van der Waals surface area contributed by atoms with Crippen LogP contribution in [-0.4, -0.2) is 16.6 Å². The zero-order valence-corrected chi connectivity index (χ0v) is 10.4. The SMILES string of the molecule is Cc1[nH]cnc1C1C[C@@H]1c1cccc2c1CCO2. The summed E-state index contributed by atoms with van der Waals surface area (Å²) < 4.78 is 5.64. The summed E-state index contributed by atoms with van der Waals surface area (Å²) in [5.41, 5.74) is 5.37. The fourth-order valence-corrected chi connectivity index (χ4v) is 3.18. The quantitative estimate of drug-likeness (QED) is 0.876. The lowest BCUT2D eigenvalue weighted by Crippen LogP contribution is -1.92. The van der Waals surface area contributed by atoms with Gasteiger partial charge in [-0.3, -0.25) is 0 Å². The van der Waals surface area contributed by atoms with E-state index in [0.29, 0.717) is 11.8 Å². The van der Waals surface area contributed by atoms with Gasteiger partial charge in [0.2, 0.25) is 0 Å². The van der Waals surface area contributed by atoms with Crippen molar-refractivity contribution in [2.24, 2.45) is 0 Å². The molecule has 0 saturated heterocycles. The lowest BCUT2D eigenvalue weighted by molar-refractivity contribution is 0.357. The van der Waals surface area contributed by atoms with Gasteiger partial charge in [-0.25, -0.2) is 4.98 Å². The van der Waals surface area contributed by atoms with E-state index in [9.17, 15) is 0 Å². The molecule has 3 nitrogen and oxygen atoms in total. The molecule has 0 amide bonds. The second-order valence-corrected chi connectivity index (χ2v) is 5.28. The van der Waals surface area contributed by atoms with Crippen LogP contribution in [0, 0.1) is 6.92 Å².